The number of anilines is 1. The number of rotatable bonds is 6. The van der Waals surface area contributed by atoms with Crippen LogP contribution in [0.25, 0.3) is 0 Å². The van der Waals surface area contributed by atoms with Crippen molar-refractivity contribution in [3.63, 3.8) is 0 Å². The smallest absolute Gasteiger partial charge is 0.265 e. The highest BCUT2D eigenvalue weighted by Crippen LogP contribution is 2.34. The van der Waals surface area contributed by atoms with E-state index in [2.05, 4.69) is 10.6 Å². The lowest BCUT2D eigenvalue weighted by Gasteiger charge is -2.31. The Morgan fingerprint density at radius 3 is 2.61 bits per heavy atom. The summed E-state index contributed by atoms with van der Waals surface area (Å²) in [5.41, 5.74) is 2.55. The number of benzene rings is 2. The molecular formula is C24H29N3O5S. The average Bonchev–Trinajstić information content (AvgIpc) is 2.82. The summed E-state index contributed by atoms with van der Waals surface area (Å²) in [6, 6.07) is 12.4. The monoisotopic (exact) mass is 471 g/mol. The molecule has 1 saturated heterocycles. The minimum Gasteiger partial charge on any atom is -0.478 e. The van der Waals surface area contributed by atoms with Crippen molar-refractivity contribution in [2.24, 2.45) is 5.92 Å². The molecule has 1 fully saturated rings. The molecule has 2 heterocycles. The number of fused-ring (bicyclic) bond motifs is 1. The fourth-order valence-corrected chi connectivity index (χ4v) is 5.70. The van der Waals surface area contributed by atoms with Crippen molar-refractivity contribution < 1.29 is 22.7 Å². The lowest BCUT2D eigenvalue weighted by atomic mass is 9.97. The molecule has 4 rings (SSSR count). The van der Waals surface area contributed by atoms with E-state index < -0.39 is 16.1 Å². The fraction of sp³-hybridized carbons (Fsp3) is 0.417. The van der Waals surface area contributed by atoms with E-state index >= 15 is 0 Å². The molecular weight excluding hydrogens is 442 g/mol. The van der Waals surface area contributed by atoms with Crippen LogP contribution in [-0.4, -0.2) is 43.7 Å². The molecule has 2 amide bonds. The second kappa shape index (κ2) is 9.52. The summed E-state index contributed by atoms with van der Waals surface area (Å²) in [5.74, 6) is -0.0846. The van der Waals surface area contributed by atoms with E-state index in [-0.39, 0.29) is 35.7 Å². The largest absolute Gasteiger partial charge is 0.478 e. The Morgan fingerprint density at radius 1 is 1.18 bits per heavy atom. The van der Waals surface area contributed by atoms with Crippen LogP contribution >= 0.6 is 0 Å². The van der Waals surface area contributed by atoms with E-state index in [0.717, 1.165) is 11.1 Å². The summed E-state index contributed by atoms with van der Waals surface area (Å²) in [5, 5.41) is 5.71. The maximum absolute atomic E-state index is 13.2. The third kappa shape index (κ3) is 4.89. The number of amides is 2. The van der Waals surface area contributed by atoms with Gasteiger partial charge >= 0.3 is 0 Å². The molecule has 2 aromatic rings. The van der Waals surface area contributed by atoms with Gasteiger partial charge in [0.1, 0.15) is 5.75 Å². The minimum absolute atomic E-state index is 0.0468. The maximum atomic E-state index is 13.2. The molecule has 2 aliphatic heterocycles. The number of piperidine rings is 1. The van der Waals surface area contributed by atoms with Crippen LogP contribution in [0.15, 0.2) is 47.4 Å². The first kappa shape index (κ1) is 23.3. The van der Waals surface area contributed by atoms with Gasteiger partial charge in [-0.25, -0.2) is 8.42 Å². The minimum atomic E-state index is -3.75. The molecule has 0 aromatic heterocycles. The van der Waals surface area contributed by atoms with Crippen molar-refractivity contribution in [2.75, 3.05) is 18.4 Å². The molecule has 0 radical (unpaired) electrons. The van der Waals surface area contributed by atoms with Crippen molar-refractivity contribution in [3.05, 3.63) is 53.6 Å². The third-order valence-electron chi connectivity index (χ3n) is 6.32. The Hall–Kier alpha value is -2.91. The standard InChI is InChI=1S/C24H29N3O5S/c1-3-21-24(29)26-20-14-19(8-9-22(20)32-21)33(30,31)27-12-10-17(11-13-27)23(28)25-15-18-7-5-4-6-16(18)2/h4-9,14,17,21H,3,10-13,15H2,1-2H3,(H,25,28)(H,26,29)/t21-/m0/s1. The molecule has 176 valence electrons. The van der Waals surface area contributed by atoms with Gasteiger partial charge in [-0.1, -0.05) is 31.2 Å². The molecule has 2 aliphatic rings. The van der Waals surface area contributed by atoms with Crippen molar-refractivity contribution in [1.29, 1.82) is 0 Å². The zero-order chi connectivity index (χ0) is 23.6. The number of carbonyl (C=O) groups is 2. The molecule has 9 heteroatoms. The number of carbonyl (C=O) groups excluding carboxylic acids is 2. The molecule has 2 aromatic carbocycles. The first-order chi connectivity index (χ1) is 15.8. The average molecular weight is 472 g/mol. The highest BCUT2D eigenvalue weighted by atomic mass is 32.2. The van der Waals surface area contributed by atoms with Crippen LogP contribution in [0.2, 0.25) is 0 Å². The van der Waals surface area contributed by atoms with Gasteiger partial charge in [-0.15, -0.1) is 0 Å². The van der Waals surface area contributed by atoms with Crippen molar-refractivity contribution in [3.8, 4) is 5.75 Å². The van der Waals surface area contributed by atoms with Crippen LogP contribution < -0.4 is 15.4 Å². The first-order valence-electron chi connectivity index (χ1n) is 11.2. The number of ether oxygens (including phenoxy) is 1. The number of hydrogen-bond acceptors (Lipinski definition) is 5. The Morgan fingerprint density at radius 2 is 1.91 bits per heavy atom. The number of hydrogen-bond donors (Lipinski definition) is 2. The van der Waals surface area contributed by atoms with Gasteiger partial charge in [-0.05, 0) is 55.5 Å². The van der Waals surface area contributed by atoms with Crippen LogP contribution in [0.1, 0.15) is 37.3 Å². The van der Waals surface area contributed by atoms with Gasteiger partial charge < -0.3 is 15.4 Å². The normalized spacial score (nSPS) is 19.3. The summed E-state index contributed by atoms with van der Waals surface area (Å²) < 4.78 is 33.4. The van der Waals surface area contributed by atoms with Crippen LogP contribution in [0.4, 0.5) is 5.69 Å². The molecule has 8 nitrogen and oxygen atoms in total. The van der Waals surface area contributed by atoms with Gasteiger partial charge in [0.05, 0.1) is 10.6 Å². The summed E-state index contributed by atoms with van der Waals surface area (Å²) in [7, 11) is -3.75. The lowest BCUT2D eigenvalue weighted by Crippen LogP contribution is -2.43. The molecule has 0 bridgehead atoms. The van der Waals surface area contributed by atoms with E-state index in [1.807, 2.05) is 38.1 Å². The molecule has 0 saturated carbocycles. The number of sulfonamides is 1. The number of nitrogens with zero attached hydrogens (tertiary/aromatic N) is 1. The second-order valence-corrected chi connectivity index (χ2v) is 10.4. The van der Waals surface area contributed by atoms with E-state index in [1.54, 1.807) is 6.07 Å². The zero-order valence-corrected chi connectivity index (χ0v) is 19.7. The molecule has 1 atom stereocenters. The number of nitrogens with one attached hydrogen (secondary N) is 2. The summed E-state index contributed by atoms with van der Waals surface area (Å²) in [4.78, 5) is 24.8. The van der Waals surface area contributed by atoms with Gasteiger partial charge in [0.15, 0.2) is 6.10 Å². The summed E-state index contributed by atoms with van der Waals surface area (Å²) in [6.07, 6.45) is 0.874. The molecule has 0 unspecified atom stereocenters. The van der Waals surface area contributed by atoms with Crippen LogP contribution in [0.3, 0.4) is 0 Å². The van der Waals surface area contributed by atoms with E-state index in [9.17, 15) is 18.0 Å². The van der Waals surface area contributed by atoms with Crippen LogP contribution in [-0.2, 0) is 26.2 Å². The Bertz CT molecular complexity index is 1160. The topological polar surface area (TPSA) is 105 Å². The van der Waals surface area contributed by atoms with Gasteiger partial charge in [0.25, 0.3) is 5.91 Å². The van der Waals surface area contributed by atoms with Crippen LogP contribution in [0.5, 0.6) is 5.75 Å². The molecule has 2 N–H and O–H groups in total. The predicted molar refractivity (Wildman–Crippen MR) is 124 cm³/mol. The molecule has 0 spiro atoms. The summed E-state index contributed by atoms with van der Waals surface area (Å²) >= 11 is 0. The van der Waals surface area contributed by atoms with Crippen LogP contribution in [0, 0.1) is 12.8 Å². The SMILES string of the molecule is CC[C@@H]1Oc2ccc(S(=O)(=O)N3CCC(C(=O)NCc4ccccc4C)CC3)cc2NC1=O. The Labute approximate surface area is 194 Å². The van der Waals surface area contributed by atoms with Crippen molar-refractivity contribution in [2.45, 2.75) is 50.7 Å². The second-order valence-electron chi connectivity index (χ2n) is 8.48. The fourth-order valence-electron chi connectivity index (χ4n) is 4.20. The first-order valence-corrected chi connectivity index (χ1v) is 12.7. The van der Waals surface area contributed by atoms with E-state index in [4.69, 9.17) is 4.74 Å². The van der Waals surface area contributed by atoms with E-state index in [0.29, 0.717) is 37.2 Å². The predicted octanol–water partition coefficient (Wildman–Crippen LogP) is 2.82. The zero-order valence-electron chi connectivity index (χ0n) is 18.8. The lowest BCUT2D eigenvalue weighted by molar-refractivity contribution is -0.126. The molecule has 0 aliphatic carbocycles. The van der Waals surface area contributed by atoms with Crippen molar-refractivity contribution in [1.82, 2.24) is 9.62 Å². The Balaban J connectivity index is 1.37. The van der Waals surface area contributed by atoms with E-state index in [1.165, 1.54) is 16.4 Å². The summed E-state index contributed by atoms with van der Waals surface area (Å²) in [6.45, 7) is 4.85. The highest BCUT2D eigenvalue weighted by molar-refractivity contribution is 7.89. The quantitative estimate of drug-likeness (QED) is 0.674. The highest BCUT2D eigenvalue weighted by Gasteiger charge is 2.33. The van der Waals surface area contributed by atoms with Crippen molar-refractivity contribution >= 4 is 27.5 Å². The Kier molecular flexibility index (Phi) is 6.71. The van der Waals surface area contributed by atoms with Gasteiger partial charge in [-0.3, -0.25) is 9.59 Å². The number of aryl methyl sites for hydroxylation is 1. The third-order valence-corrected chi connectivity index (χ3v) is 8.21. The van der Waals surface area contributed by atoms with Gasteiger partial charge in [-0.2, -0.15) is 4.31 Å². The van der Waals surface area contributed by atoms with Gasteiger partial charge in [0.2, 0.25) is 15.9 Å². The maximum Gasteiger partial charge on any atom is 0.265 e. The van der Waals surface area contributed by atoms with Gasteiger partial charge in [0, 0.05) is 25.6 Å². The molecule has 33 heavy (non-hydrogen) atoms.